The van der Waals surface area contributed by atoms with Crippen molar-refractivity contribution in [2.75, 3.05) is 11.9 Å². The van der Waals surface area contributed by atoms with Gasteiger partial charge in [-0.2, -0.15) is 0 Å². The van der Waals surface area contributed by atoms with Gasteiger partial charge in [0.1, 0.15) is 5.82 Å². The number of nitrogens with one attached hydrogen (secondary N) is 1. The summed E-state index contributed by atoms with van der Waals surface area (Å²) >= 11 is 0. The fourth-order valence-corrected chi connectivity index (χ4v) is 1.75. The van der Waals surface area contributed by atoms with E-state index in [-0.39, 0.29) is 12.4 Å². The van der Waals surface area contributed by atoms with E-state index in [0.29, 0.717) is 17.7 Å². The number of rotatable bonds is 5. The van der Waals surface area contributed by atoms with Crippen LogP contribution in [0, 0.1) is 18.2 Å². The van der Waals surface area contributed by atoms with Crippen LogP contribution in [-0.4, -0.2) is 12.6 Å². The zero-order chi connectivity index (χ0) is 15.1. The Hall–Kier alpha value is -2.80. The summed E-state index contributed by atoms with van der Waals surface area (Å²) in [6.45, 7) is 0.319. The highest BCUT2D eigenvalue weighted by Gasteiger charge is 2.06. The smallest absolute Gasteiger partial charge is 0.339 e. The molecule has 0 aliphatic rings. The molecule has 0 saturated heterocycles. The topological polar surface area (TPSA) is 38.3 Å². The number of benzene rings is 2. The SMILES string of the molecule is C#CCOC(=O)c1ccc(NCc2ccccc2F)cc1. The number of hydrogen-bond donors (Lipinski definition) is 1. The van der Waals surface area contributed by atoms with Crippen molar-refractivity contribution in [2.24, 2.45) is 0 Å². The van der Waals surface area contributed by atoms with Crippen LogP contribution in [0.25, 0.3) is 0 Å². The lowest BCUT2D eigenvalue weighted by atomic mass is 10.2. The molecule has 0 amide bonds. The number of carbonyl (C=O) groups excluding carboxylic acids is 1. The number of hydrogen-bond acceptors (Lipinski definition) is 3. The predicted octanol–water partition coefficient (Wildman–Crippen LogP) is 3.23. The van der Waals surface area contributed by atoms with Crippen LogP contribution in [0.15, 0.2) is 48.5 Å². The second-order valence-corrected chi connectivity index (χ2v) is 4.30. The zero-order valence-corrected chi connectivity index (χ0v) is 11.3. The molecule has 106 valence electrons. The first-order chi connectivity index (χ1) is 10.2. The Morgan fingerprint density at radius 3 is 2.57 bits per heavy atom. The Morgan fingerprint density at radius 1 is 1.19 bits per heavy atom. The molecule has 2 aromatic carbocycles. The third kappa shape index (κ3) is 4.08. The standard InChI is InChI=1S/C17H14FNO2/c1-2-11-21-17(20)13-7-9-15(10-8-13)19-12-14-5-3-4-6-16(14)18/h1,3-10,19H,11-12H2. The molecule has 0 heterocycles. The summed E-state index contributed by atoms with van der Waals surface area (Å²) in [6, 6.07) is 13.3. The van der Waals surface area contributed by atoms with Crippen LogP contribution in [0.3, 0.4) is 0 Å². The molecule has 3 nitrogen and oxygen atoms in total. The van der Waals surface area contributed by atoms with Crippen LogP contribution in [0.2, 0.25) is 0 Å². The average Bonchev–Trinajstić information content (AvgIpc) is 2.52. The van der Waals surface area contributed by atoms with E-state index in [2.05, 4.69) is 11.2 Å². The fraction of sp³-hybridized carbons (Fsp3) is 0.118. The molecule has 0 fully saturated rings. The van der Waals surface area contributed by atoms with Crippen molar-refractivity contribution in [3.8, 4) is 12.3 Å². The maximum absolute atomic E-state index is 13.5. The largest absolute Gasteiger partial charge is 0.449 e. The number of carbonyl (C=O) groups is 1. The highest BCUT2D eigenvalue weighted by Crippen LogP contribution is 2.13. The van der Waals surface area contributed by atoms with Crippen molar-refractivity contribution in [3.05, 3.63) is 65.5 Å². The molecule has 0 unspecified atom stereocenters. The summed E-state index contributed by atoms with van der Waals surface area (Å²) in [5.41, 5.74) is 1.78. The molecule has 0 aromatic heterocycles. The van der Waals surface area contributed by atoms with Crippen LogP contribution >= 0.6 is 0 Å². The molecule has 21 heavy (non-hydrogen) atoms. The lowest BCUT2D eigenvalue weighted by molar-refractivity contribution is 0.0557. The molecule has 2 rings (SSSR count). The van der Waals surface area contributed by atoms with Gasteiger partial charge in [-0.15, -0.1) is 6.42 Å². The molecule has 0 atom stereocenters. The predicted molar refractivity (Wildman–Crippen MR) is 79.3 cm³/mol. The summed E-state index contributed by atoms with van der Waals surface area (Å²) in [4.78, 5) is 11.6. The second kappa shape index (κ2) is 7.11. The van der Waals surface area contributed by atoms with Crippen molar-refractivity contribution in [1.82, 2.24) is 0 Å². The molecular formula is C17H14FNO2. The monoisotopic (exact) mass is 283 g/mol. The Kier molecular flexibility index (Phi) is 4.94. The van der Waals surface area contributed by atoms with Crippen LogP contribution < -0.4 is 5.32 Å². The first kappa shape index (κ1) is 14.6. The number of halogens is 1. The van der Waals surface area contributed by atoms with E-state index in [0.717, 1.165) is 5.69 Å². The van der Waals surface area contributed by atoms with Crippen molar-refractivity contribution in [2.45, 2.75) is 6.54 Å². The van der Waals surface area contributed by atoms with Gasteiger partial charge in [0.25, 0.3) is 0 Å². The van der Waals surface area contributed by atoms with E-state index < -0.39 is 5.97 Å². The molecule has 0 saturated carbocycles. The van der Waals surface area contributed by atoms with Crippen LogP contribution in [0.1, 0.15) is 15.9 Å². The van der Waals surface area contributed by atoms with Gasteiger partial charge in [0.15, 0.2) is 6.61 Å². The Labute approximate surface area is 122 Å². The highest BCUT2D eigenvalue weighted by atomic mass is 19.1. The van der Waals surface area contributed by atoms with Gasteiger partial charge in [-0.25, -0.2) is 9.18 Å². The third-order valence-electron chi connectivity index (χ3n) is 2.85. The molecular weight excluding hydrogens is 269 g/mol. The minimum atomic E-state index is -0.464. The van der Waals surface area contributed by atoms with Gasteiger partial charge in [-0.05, 0) is 30.3 Å². The average molecular weight is 283 g/mol. The van der Waals surface area contributed by atoms with Gasteiger partial charge >= 0.3 is 5.97 Å². The minimum absolute atomic E-state index is 0.0495. The van der Waals surface area contributed by atoms with E-state index in [1.165, 1.54) is 6.07 Å². The highest BCUT2D eigenvalue weighted by molar-refractivity contribution is 5.89. The number of ether oxygens (including phenoxy) is 1. The Bertz CT molecular complexity index is 659. The minimum Gasteiger partial charge on any atom is -0.449 e. The summed E-state index contributed by atoms with van der Waals surface area (Å²) in [5, 5.41) is 3.09. The first-order valence-electron chi connectivity index (χ1n) is 6.38. The molecule has 2 aromatic rings. The second-order valence-electron chi connectivity index (χ2n) is 4.30. The summed E-state index contributed by atoms with van der Waals surface area (Å²) < 4.78 is 18.3. The third-order valence-corrected chi connectivity index (χ3v) is 2.85. The molecule has 1 N–H and O–H groups in total. The van der Waals surface area contributed by atoms with E-state index in [9.17, 15) is 9.18 Å². The van der Waals surface area contributed by atoms with Crippen molar-refractivity contribution >= 4 is 11.7 Å². The normalized spacial score (nSPS) is 9.71. The van der Waals surface area contributed by atoms with E-state index in [1.54, 1.807) is 42.5 Å². The zero-order valence-electron chi connectivity index (χ0n) is 11.3. The van der Waals surface area contributed by atoms with Crippen molar-refractivity contribution < 1.29 is 13.9 Å². The summed E-state index contributed by atoms with van der Waals surface area (Å²) in [6.07, 6.45) is 5.02. The summed E-state index contributed by atoms with van der Waals surface area (Å²) in [5.74, 6) is 1.52. The maximum atomic E-state index is 13.5. The Balaban J connectivity index is 1.95. The molecule has 0 radical (unpaired) electrons. The number of esters is 1. The molecule has 0 aliphatic heterocycles. The van der Waals surface area contributed by atoms with Gasteiger partial charge in [-0.3, -0.25) is 0 Å². The lowest BCUT2D eigenvalue weighted by Gasteiger charge is -2.08. The molecule has 4 heteroatoms. The quantitative estimate of drug-likeness (QED) is 0.676. The van der Waals surface area contributed by atoms with Crippen molar-refractivity contribution in [3.63, 3.8) is 0 Å². The van der Waals surface area contributed by atoms with E-state index in [4.69, 9.17) is 11.2 Å². The van der Waals surface area contributed by atoms with Crippen molar-refractivity contribution in [1.29, 1.82) is 0 Å². The van der Waals surface area contributed by atoms with Gasteiger partial charge in [0, 0.05) is 17.8 Å². The molecule has 0 spiro atoms. The lowest BCUT2D eigenvalue weighted by Crippen LogP contribution is -2.06. The fourth-order valence-electron chi connectivity index (χ4n) is 1.75. The van der Waals surface area contributed by atoms with E-state index in [1.807, 2.05) is 0 Å². The number of terminal acetylenes is 1. The van der Waals surface area contributed by atoms with Gasteiger partial charge in [0.2, 0.25) is 0 Å². The van der Waals surface area contributed by atoms with Crippen LogP contribution in [-0.2, 0) is 11.3 Å². The summed E-state index contributed by atoms with van der Waals surface area (Å²) in [7, 11) is 0. The molecule has 0 aliphatic carbocycles. The maximum Gasteiger partial charge on any atom is 0.339 e. The first-order valence-corrected chi connectivity index (χ1v) is 6.38. The van der Waals surface area contributed by atoms with Gasteiger partial charge in [-0.1, -0.05) is 24.1 Å². The Morgan fingerprint density at radius 2 is 1.90 bits per heavy atom. The van der Waals surface area contributed by atoms with Crippen LogP contribution in [0.5, 0.6) is 0 Å². The van der Waals surface area contributed by atoms with Gasteiger partial charge < -0.3 is 10.1 Å². The van der Waals surface area contributed by atoms with E-state index >= 15 is 0 Å². The van der Waals surface area contributed by atoms with Gasteiger partial charge in [0.05, 0.1) is 5.56 Å². The molecule has 0 bridgehead atoms. The number of anilines is 1. The van der Waals surface area contributed by atoms with Crippen LogP contribution in [0.4, 0.5) is 10.1 Å².